The van der Waals surface area contributed by atoms with Crippen molar-refractivity contribution in [1.82, 2.24) is 15.2 Å². The minimum absolute atomic E-state index is 0.0857. The van der Waals surface area contributed by atoms with E-state index in [2.05, 4.69) is 26.2 Å². The first-order valence-electron chi connectivity index (χ1n) is 10.2. The van der Waals surface area contributed by atoms with Crippen molar-refractivity contribution in [1.29, 1.82) is 5.26 Å². The highest BCUT2D eigenvalue weighted by Gasteiger charge is 2.26. The van der Waals surface area contributed by atoms with E-state index in [1.165, 1.54) is 25.9 Å². The standard InChI is InChI=1S/C21H31N5O/c1-16-14-20(19(15-22)17(2)24-16)26-12-6-18(7-13-26)21(27)23-8-5-11-25-9-3-4-10-25/h14,18H,3-13H2,1-2H3,(H,23,27). The van der Waals surface area contributed by atoms with Crippen molar-refractivity contribution in [3.05, 3.63) is 23.0 Å². The molecule has 0 atom stereocenters. The molecule has 0 radical (unpaired) electrons. The number of nitrogens with zero attached hydrogens (tertiary/aromatic N) is 4. The van der Waals surface area contributed by atoms with Crippen LogP contribution in [-0.2, 0) is 4.79 Å². The topological polar surface area (TPSA) is 72.3 Å². The predicted molar refractivity (Wildman–Crippen MR) is 107 cm³/mol. The fourth-order valence-corrected chi connectivity index (χ4v) is 4.24. The van der Waals surface area contributed by atoms with Crippen LogP contribution in [0.2, 0.25) is 0 Å². The van der Waals surface area contributed by atoms with Gasteiger partial charge in [0.2, 0.25) is 5.91 Å². The molecule has 2 saturated heterocycles. The van der Waals surface area contributed by atoms with Crippen LogP contribution in [-0.4, -0.2) is 55.1 Å². The second-order valence-corrected chi connectivity index (χ2v) is 7.81. The van der Waals surface area contributed by atoms with E-state index in [1.807, 2.05) is 19.9 Å². The Kier molecular flexibility index (Phi) is 6.68. The van der Waals surface area contributed by atoms with E-state index < -0.39 is 0 Å². The number of nitriles is 1. The number of amides is 1. The van der Waals surface area contributed by atoms with E-state index in [9.17, 15) is 10.1 Å². The SMILES string of the molecule is Cc1cc(N2CCC(C(=O)NCCCN3CCCC3)CC2)c(C#N)c(C)n1. The summed E-state index contributed by atoms with van der Waals surface area (Å²) in [6.07, 6.45) is 5.34. The molecule has 2 aliphatic rings. The zero-order chi connectivity index (χ0) is 19.2. The molecule has 3 heterocycles. The maximum atomic E-state index is 12.5. The number of pyridine rings is 1. The van der Waals surface area contributed by atoms with Gasteiger partial charge in [-0.05, 0) is 71.7 Å². The molecule has 2 fully saturated rings. The lowest BCUT2D eigenvalue weighted by molar-refractivity contribution is -0.125. The van der Waals surface area contributed by atoms with Crippen molar-refractivity contribution in [2.24, 2.45) is 5.92 Å². The lowest BCUT2D eigenvalue weighted by Crippen LogP contribution is -2.41. The van der Waals surface area contributed by atoms with Crippen LogP contribution in [0.5, 0.6) is 0 Å². The van der Waals surface area contributed by atoms with Gasteiger partial charge >= 0.3 is 0 Å². The number of carbonyl (C=O) groups excluding carboxylic acids is 1. The van der Waals surface area contributed by atoms with Gasteiger partial charge in [-0.3, -0.25) is 9.78 Å². The zero-order valence-corrected chi connectivity index (χ0v) is 16.6. The van der Waals surface area contributed by atoms with Crippen LogP contribution >= 0.6 is 0 Å². The number of hydrogen-bond acceptors (Lipinski definition) is 5. The minimum atomic E-state index is 0.0857. The van der Waals surface area contributed by atoms with Gasteiger partial charge in [0.1, 0.15) is 6.07 Å². The Hall–Kier alpha value is -2.13. The van der Waals surface area contributed by atoms with Crippen molar-refractivity contribution in [2.75, 3.05) is 44.2 Å². The van der Waals surface area contributed by atoms with Crippen LogP contribution in [0.4, 0.5) is 5.69 Å². The molecule has 3 rings (SSSR count). The van der Waals surface area contributed by atoms with Crippen molar-refractivity contribution in [3.8, 4) is 6.07 Å². The first kappa shape index (κ1) is 19.6. The van der Waals surface area contributed by atoms with Crippen LogP contribution in [0.3, 0.4) is 0 Å². The van der Waals surface area contributed by atoms with Gasteiger partial charge in [-0.2, -0.15) is 5.26 Å². The van der Waals surface area contributed by atoms with E-state index in [4.69, 9.17) is 0 Å². The fraction of sp³-hybridized carbons (Fsp3) is 0.667. The van der Waals surface area contributed by atoms with Gasteiger partial charge < -0.3 is 15.1 Å². The maximum absolute atomic E-state index is 12.5. The molecule has 0 saturated carbocycles. The molecule has 2 aliphatic heterocycles. The number of nitrogens with one attached hydrogen (secondary N) is 1. The predicted octanol–water partition coefficient (Wildman–Crippen LogP) is 2.39. The second-order valence-electron chi connectivity index (χ2n) is 7.81. The van der Waals surface area contributed by atoms with E-state index in [-0.39, 0.29) is 11.8 Å². The molecule has 0 aliphatic carbocycles. The number of aromatic nitrogens is 1. The number of anilines is 1. The minimum Gasteiger partial charge on any atom is -0.370 e. The molecule has 6 heteroatoms. The van der Waals surface area contributed by atoms with E-state index >= 15 is 0 Å². The molecule has 1 N–H and O–H groups in total. The number of carbonyl (C=O) groups is 1. The van der Waals surface area contributed by atoms with Crippen LogP contribution in [0, 0.1) is 31.1 Å². The summed E-state index contributed by atoms with van der Waals surface area (Å²) >= 11 is 0. The average Bonchev–Trinajstić information content (AvgIpc) is 3.18. The monoisotopic (exact) mass is 369 g/mol. The van der Waals surface area contributed by atoms with Crippen molar-refractivity contribution >= 4 is 11.6 Å². The van der Waals surface area contributed by atoms with E-state index in [0.717, 1.165) is 62.5 Å². The summed E-state index contributed by atoms with van der Waals surface area (Å²) in [6.45, 7) is 9.76. The number of rotatable bonds is 6. The average molecular weight is 370 g/mol. The molecular formula is C21H31N5O. The number of hydrogen-bond donors (Lipinski definition) is 1. The molecule has 27 heavy (non-hydrogen) atoms. The van der Waals surface area contributed by atoms with Crippen molar-refractivity contribution in [2.45, 2.75) is 46.0 Å². The summed E-state index contributed by atoms with van der Waals surface area (Å²) in [4.78, 5) is 21.6. The molecule has 1 aromatic heterocycles. The molecule has 0 aromatic carbocycles. The summed E-state index contributed by atoms with van der Waals surface area (Å²) < 4.78 is 0. The number of piperidine rings is 1. The van der Waals surface area contributed by atoms with Crippen LogP contribution in [0.1, 0.15) is 49.1 Å². The van der Waals surface area contributed by atoms with Crippen molar-refractivity contribution in [3.63, 3.8) is 0 Å². The largest absolute Gasteiger partial charge is 0.370 e. The Bertz CT molecular complexity index is 697. The molecular weight excluding hydrogens is 338 g/mol. The van der Waals surface area contributed by atoms with Gasteiger partial charge in [0.05, 0.1) is 16.9 Å². The normalized spacial score (nSPS) is 18.5. The lowest BCUT2D eigenvalue weighted by atomic mass is 9.95. The summed E-state index contributed by atoms with van der Waals surface area (Å²) in [5.41, 5.74) is 3.34. The number of aryl methyl sites for hydroxylation is 2. The third-order valence-corrected chi connectivity index (χ3v) is 5.77. The Balaban J connectivity index is 1.46. The second kappa shape index (κ2) is 9.18. The first-order valence-corrected chi connectivity index (χ1v) is 10.2. The van der Waals surface area contributed by atoms with E-state index in [1.54, 1.807) is 0 Å². The van der Waals surface area contributed by atoms with Gasteiger partial charge in [0.15, 0.2) is 0 Å². The summed E-state index contributed by atoms with van der Waals surface area (Å²) in [5, 5.41) is 12.6. The third-order valence-electron chi connectivity index (χ3n) is 5.77. The van der Waals surface area contributed by atoms with Gasteiger partial charge in [0, 0.05) is 31.2 Å². The maximum Gasteiger partial charge on any atom is 0.223 e. The van der Waals surface area contributed by atoms with E-state index in [0.29, 0.717) is 5.56 Å². The molecule has 6 nitrogen and oxygen atoms in total. The highest BCUT2D eigenvalue weighted by atomic mass is 16.1. The van der Waals surface area contributed by atoms with Gasteiger partial charge in [-0.15, -0.1) is 0 Å². The molecule has 146 valence electrons. The summed E-state index contributed by atoms with van der Waals surface area (Å²) in [7, 11) is 0. The smallest absolute Gasteiger partial charge is 0.223 e. The van der Waals surface area contributed by atoms with Gasteiger partial charge in [-0.1, -0.05) is 0 Å². The molecule has 0 spiro atoms. The lowest BCUT2D eigenvalue weighted by Gasteiger charge is -2.33. The van der Waals surface area contributed by atoms with Gasteiger partial charge in [0.25, 0.3) is 0 Å². The quantitative estimate of drug-likeness (QED) is 0.780. The number of likely N-dealkylation sites (tertiary alicyclic amines) is 1. The molecule has 1 aromatic rings. The zero-order valence-electron chi connectivity index (χ0n) is 16.6. The molecule has 0 bridgehead atoms. The van der Waals surface area contributed by atoms with Crippen molar-refractivity contribution < 1.29 is 4.79 Å². The summed E-state index contributed by atoms with van der Waals surface area (Å²) in [5.74, 6) is 0.279. The Labute approximate surface area is 162 Å². The Morgan fingerprint density at radius 3 is 2.63 bits per heavy atom. The van der Waals surface area contributed by atoms with Gasteiger partial charge in [-0.25, -0.2) is 0 Å². The fourth-order valence-electron chi connectivity index (χ4n) is 4.24. The van der Waals surface area contributed by atoms with Crippen LogP contribution in [0.25, 0.3) is 0 Å². The molecule has 1 amide bonds. The third kappa shape index (κ3) is 4.98. The highest BCUT2D eigenvalue weighted by Crippen LogP contribution is 2.28. The van der Waals surface area contributed by atoms with Crippen LogP contribution < -0.4 is 10.2 Å². The molecule has 0 unspecified atom stereocenters. The van der Waals surface area contributed by atoms with Crippen LogP contribution in [0.15, 0.2) is 6.07 Å². The first-order chi connectivity index (χ1) is 13.1. The highest BCUT2D eigenvalue weighted by molar-refractivity contribution is 5.79. The Morgan fingerprint density at radius 2 is 1.96 bits per heavy atom. The Morgan fingerprint density at radius 1 is 1.26 bits per heavy atom. The summed E-state index contributed by atoms with van der Waals surface area (Å²) in [6, 6.07) is 4.28.